The van der Waals surface area contributed by atoms with Gasteiger partial charge in [0, 0.05) is 69.2 Å². The third-order valence-corrected chi connectivity index (χ3v) is 12.1. The molecule has 28 heteroatoms. The minimum Gasteiger partial charge on any atom is -0.773 e. The summed E-state index contributed by atoms with van der Waals surface area (Å²) in [5, 5.41) is 0.533. The van der Waals surface area contributed by atoms with Crippen LogP contribution in [0.15, 0.2) is 92.2 Å². The summed E-state index contributed by atoms with van der Waals surface area (Å²) in [5.74, 6) is -4.35. The summed E-state index contributed by atoms with van der Waals surface area (Å²) in [6.07, 6.45) is -3.49. The SMILES string of the molecule is CS(=O)(=O)c1ccc2c(S(=O)(=O)Nc3cc4c(cc3F)OC(F)(F)O4)c[nH]c2c1.CS(=O)[O-].O=S(=O)(Nc1cc2c(cc1F)OC(F)(F)O2)c1c[nH]c2cc(Br)ccc12.[Na+]. The molecule has 0 fully saturated rings. The number of aromatic nitrogens is 2. The van der Waals surface area contributed by atoms with Gasteiger partial charge in [-0.2, -0.15) is 0 Å². The fraction of sp³-hybridized carbons (Fsp3) is 0.125. The Morgan fingerprint density at radius 2 is 1.03 bits per heavy atom. The molecule has 4 aromatic carbocycles. The second kappa shape index (κ2) is 16.9. The molecule has 0 spiro atoms. The standard InChI is InChI=1S/C16H11F3N2O6S2.C15H8BrF3N2O4S.CH4O2S.Na/c1-28(22,23)8-2-3-9-11(4-8)20-7-15(9)29(24,25)21-12-6-14-13(5-10(12)17)26-16(18,19)27-14;16-7-1-2-8-10(3-7)20-6-14(8)26(22,23)21-11-5-13-12(4-9(11)17)24-15(18,19)25-13;1-4(2)3;/h2-7,20-21H,1H3;1-6,20-21H;1H3,(H,2,3);/q;;;+1/p-1. The van der Waals surface area contributed by atoms with Crippen molar-refractivity contribution >= 4 is 90.1 Å². The van der Waals surface area contributed by atoms with Crippen molar-refractivity contribution in [2.24, 2.45) is 0 Å². The molecule has 0 amide bonds. The van der Waals surface area contributed by atoms with E-state index in [0.29, 0.717) is 23.0 Å². The van der Waals surface area contributed by atoms with E-state index in [0.717, 1.165) is 35.3 Å². The number of nitrogens with one attached hydrogen (secondary N) is 4. The third-order valence-electron chi connectivity index (χ3n) is 7.70. The van der Waals surface area contributed by atoms with Crippen LogP contribution in [-0.2, 0) is 41.0 Å². The van der Waals surface area contributed by atoms with Gasteiger partial charge in [0.15, 0.2) is 44.5 Å². The van der Waals surface area contributed by atoms with E-state index in [1.165, 1.54) is 24.4 Å². The average molecular weight is 1000 g/mol. The zero-order valence-corrected chi connectivity index (χ0v) is 37.0. The molecule has 0 bridgehead atoms. The van der Waals surface area contributed by atoms with Crippen LogP contribution >= 0.6 is 15.9 Å². The van der Waals surface area contributed by atoms with Gasteiger partial charge in [0.2, 0.25) is 0 Å². The van der Waals surface area contributed by atoms with E-state index in [1.54, 1.807) is 18.2 Å². The maximum absolute atomic E-state index is 14.2. The number of hydrogen-bond acceptors (Lipinski definition) is 12. The minimum absolute atomic E-state index is 0. The van der Waals surface area contributed by atoms with E-state index in [9.17, 15) is 51.6 Å². The van der Waals surface area contributed by atoms with Crippen molar-refractivity contribution in [3.05, 3.63) is 89.2 Å². The second-order valence-electron chi connectivity index (χ2n) is 12.0. The number of alkyl halides is 4. The van der Waals surface area contributed by atoms with Gasteiger partial charge in [-0.3, -0.25) is 13.7 Å². The van der Waals surface area contributed by atoms with Crippen LogP contribution in [0.2, 0.25) is 0 Å². The molecule has 316 valence electrons. The molecule has 0 radical (unpaired) electrons. The molecule has 0 saturated carbocycles. The molecule has 60 heavy (non-hydrogen) atoms. The summed E-state index contributed by atoms with van der Waals surface area (Å²) in [6, 6.07) is 11.4. The van der Waals surface area contributed by atoms with Gasteiger partial charge in [-0.1, -0.05) is 39.1 Å². The van der Waals surface area contributed by atoms with Gasteiger partial charge in [-0.25, -0.2) is 34.0 Å². The van der Waals surface area contributed by atoms with Crippen molar-refractivity contribution in [1.29, 1.82) is 0 Å². The normalized spacial score (nSPS) is 15.2. The summed E-state index contributed by atoms with van der Waals surface area (Å²) in [6.45, 7) is 0. The Balaban J connectivity index is 0.000000207. The smallest absolute Gasteiger partial charge is 0.773 e. The van der Waals surface area contributed by atoms with Gasteiger partial charge in [0.25, 0.3) is 20.0 Å². The predicted molar refractivity (Wildman–Crippen MR) is 199 cm³/mol. The fourth-order valence-electron chi connectivity index (χ4n) is 5.32. The zero-order chi connectivity index (χ0) is 43.5. The molecule has 16 nitrogen and oxygen atoms in total. The van der Waals surface area contributed by atoms with Gasteiger partial charge in [-0.15, -0.1) is 17.6 Å². The maximum Gasteiger partial charge on any atom is 1.00 e. The largest absolute Gasteiger partial charge is 1.00 e. The number of sulfone groups is 1. The van der Waals surface area contributed by atoms with Gasteiger partial charge in [0.1, 0.15) is 9.79 Å². The molecule has 6 aromatic rings. The maximum atomic E-state index is 14.2. The number of rotatable bonds is 7. The number of halogens is 7. The molecule has 2 aliphatic rings. The van der Waals surface area contributed by atoms with E-state index in [-0.39, 0.29) is 55.1 Å². The molecule has 4 N–H and O–H groups in total. The first kappa shape index (κ1) is 46.8. The number of hydrogen-bond donors (Lipinski definition) is 4. The topological polar surface area (TPSA) is 235 Å². The van der Waals surface area contributed by atoms with Crippen LogP contribution in [0.3, 0.4) is 0 Å². The summed E-state index contributed by atoms with van der Waals surface area (Å²) in [7, 11) is -12.1. The van der Waals surface area contributed by atoms with Gasteiger partial charge < -0.3 is 33.5 Å². The molecule has 2 aliphatic heterocycles. The molecule has 2 aromatic heterocycles. The summed E-state index contributed by atoms with van der Waals surface area (Å²) < 4.78 is 194. The predicted octanol–water partition coefficient (Wildman–Crippen LogP) is 3.52. The van der Waals surface area contributed by atoms with Crippen LogP contribution in [0.4, 0.5) is 37.7 Å². The molecular formula is C32H22BrF6N4NaO12S4. The second-order valence-corrected chi connectivity index (χ2v) is 19.0. The number of ether oxygens (including phenoxy) is 4. The monoisotopic (exact) mass is 998 g/mol. The Labute approximate surface area is 367 Å². The number of benzene rings is 4. The average Bonchev–Trinajstić information content (AvgIpc) is 3.85. The molecule has 0 aliphatic carbocycles. The minimum atomic E-state index is -4.37. The molecule has 0 saturated heterocycles. The van der Waals surface area contributed by atoms with Crippen molar-refractivity contribution in [1.82, 2.24) is 9.97 Å². The first-order valence-electron chi connectivity index (χ1n) is 15.6. The van der Waals surface area contributed by atoms with Crippen molar-refractivity contribution in [3.63, 3.8) is 0 Å². The van der Waals surface area contributed by atoms with Crippen LogP contribution in [-0.4, -0.2) is 69.1 Å². The van der Waals surface area contributed by atoms with Crippen molar-refractivity contribution in [3.8, 4) is 23.0 Å². The van der Waals surface area contributed by atoms with E-state index < -0.39 is 99.6 Å². The quantitative estimate of drug-likeness (QED) is 0.102. The van der Waals surface area contributed by atoms with Crippen LogP contribution in [0, 0.1) is 11.6 Å². The van der Waals surface area contributed by atoms with Crippen LogP contribution in [0.25, 0.3) is 21.8 Å². The Morgan fingerprint density at radius 1 is 0.667 bits per heavy atom. The first-order chi connectivity index (χ1) is 27.2. The van der Waals surface area contributed by atoms with Gasteiger partial charge in [-0.05, 0) is 30.5 Å². The van der Waals surface area contributed by atoms with Crippen LogP contribution in [0.5, 0.6) is 23.0 Å². The third kappa shape index (κ3) is 10.4. The fourth-order valence-corrected chi connectivity index (χ4v) is 8.81. The van der Waals surface area contributed by atoms with Gasteiger partial charge >= 0.3 is 42.1 Å². The number of anilines is 2. The van der Waals surface area contributed by atoms with E-state index in [1.807, 2.05) is 9.44 Å². The summed E-state index contributed by atoms with van der Waals surface area (Å²) >= 11 is 1.41. The van der Waals surface area contributed by atoms with E-state index in [4.69, 9.17) is 8.76 Å². The van der Waals surface area contributed by atoms with Crippen molar-refractivity contribution in [2.45, 2.75) is 27.3 Å². The van der Waals surface area contributed by atoms with E-state index in [2.05, 4.69) is 44.8 Å². The Kier molecular flexibility index (Phi) is 13.2. The molecule has 4 heterocycles. The van der Waals surface area contributed by atoms with Crippen molar-refractivity contribution < 1.29 is 109 Å². The van der Waals surface area contributed by atoms with Crippen LogP contribution in [0.1, 0.15) is 0 Å². The number of fused-ring (bicyclic) bond motifs is 4. The number of H-pyrrole nitrogens is 2. The van der Waals surface area contributed by atoms with E-state index >= 15 is 0 Å². The molecule has 1 unspecified atom stereocenters. The molecular weight excluding hydrogens is 978 g/mol. The van der Waals surface area contributed by atoms with Gasteiger partial charge in [0.05, 0.1) is 16.3 Å². The Hall–Kier alpha value is -4.22. The zero-order valence-electron chi connectivity index (χ0n) is 30.1. The first-order valence-corrected chi connectivity index (χ1v) is 22.7. The van der Waals surface area contributed by atoms with Crippen LogP contribution < -0.4 is 57.9 Å². The summed E-state index contributed by atoms with van der Waals surface area (Å²) in [4.78, 5) is 5.00. The molecule has 1 atom stereocenters. The molecule has 8 rings (SSSR count). The number of aromatic amines is 2. The number of sulfonamides is 2. The summed E-state index contributed by atoms with van der Waals surface area (Å²) in [5.41, 5.74) is -0.409. The Morgan fingerprint density at radius 3 is 1.43 bits per heavy atom. The van der Waals surface area contributed by atoms with Crippen molar-refractivity contribution in [2.75, 3.05) is 22.0 Å². The Bertz CT molecular complexity index is 3020.